The summed E-state index contributed by atoms with van der Waals surface area (Å²) < 4.78 is 4.54. The molecule has 0 radical (unpaired) electrons. The number of aromatic nitrogens is 2. The summed E-state index contributed by atoms with van der Waals surface area (Å²) in [5, 5.41) is -0.156. The SMILES string of the molecule is O=COCC(S)c1cncnc1. The number of thiol groups is 1. The van der Waals surface area contributed by atoms with Crippen molar-refractivity contribution < 1.29 is 9.53 Å². The average molecular weight is 184 g/mol. The number of nitrogens with zero attached hydrogens (tertiary/aromatic N) is 2. The highest BCUT2D eigenvalue weighted by atomic mass is 32.1. The van der Waals surface area contributed by atoms with E-state index in [-0.39, 0.29) is 11.9 Å². The van der Waals surface area contributed by atoms with Crippen LogP contribution in [-0.2, 0) is 9.53 Å². The van der Waals surface area contributed by atoms with E-state index in [2.05, 4.69) is 27.3 Å². The van der Waals surface area contributed by atoms with Crippen LogP contribution in [0.25, 0.3) is 0 Å². The number of rotatable bonds is 4. The Morgan fingerprint density at radius 2 is 2.25 bits per heavy atom. The molecule has 1 aromatic rings. The molecule has 1 unspecified atom stereocenters. The number of carbonyl (C=O) groups excluding carboxylic acids is 1. The lowest BCUT2D eigenvalue weighted by Gasteiger charge is -2.07. The maximum atomic E-state index is 9.85. The van der Waals surface area contributed by atoms with E-state index in [0.29, 0.717) is 6.47 Å². The van der Waals surface area contributed by atoms with Crippen LogP contribution in [0.2, 0.25) is 0 Å². The molecule has 4 nitrogen and oxygen atoms in total. The molecule has 0 spiro atoms. The van der Waals surface area contributed by atoms with Gasteiger partial charge in [0.2, 0.25) is 0 Å². The van der Waals surface area contributed by atoms with Crippen LogP contribution in [-0.4, -0.2) is 23.0 Å². The molecule has 0 aromatic carbocycles. The van der Waals surface area contributed by atoms with Gasteiger partial charge >= 0.3 is 0 Å². The molecule has 0 fully saturated rings. The molecule has 5 heteroatoms. The van der Waals surface area contributed by atoms with Gasteiger partial charge in [-0.15, -0.1) is 0 Å². The Bertz CT molecular complexity index is 242. The van der Waals surface area contributed by atoms with Gasteiger partial charge in [0.1, 0.15) is 12.9 Å². The van der Waals surface area contributed by atoms with E-state index in [4.69, 9.17) is 0 Å². The summed E-state index contributed by atoms with van der Waals surface area (Å²) in [4.78, 5) is 17.5. The molecule has 1 atom stereocenters. The summed E-state index contributed by atoms with van der Waals surface area (Å²) in [5.41, 5.74) is 0.836. The molecular formula is C7H8N2O2S. The van der Waals surface area contributed by atoms with E-state index in [1.54, 1.807) is 12.4 Å². The van der Waals surface area contributed by atoms with E-state index in [1.807, 2.05) is 0 Å². The van der Waals surface area contributed by atoms with Crippen LogP contribution in [0.4, 0.5) is 0 Å². The van der Waals surface area contributed by atoms with Crippen molar-refractivity contribution in [3.63, 3.8) is 0 Å². The lowest BCUT2D eigenvalue weighted by atomic mass is 10.2. The first-order chi connectivity index (χ1) is 5.84. The third-order valence-electron chi connectivity index (χ3n) is 1.29. The maximum Gasteiger partial charge on any atom is 0.293 e. The van der Waals surface area contributed by atoms with E-state index < -0.39 is 0 Å². The molecule has 64 valence electrons. The predicted molar refractivity (Wildman–Crippen MR) is 45.8 cm³/mol. The van der Waals surface area contributed by atoms with Gasteiger partial charge in [0.05, 0.1) is 5.25 Å². The Labute approximate surface area is 75.4 Å². The molecule has 1 aromatic heterocycles. The van der Waals surface area contributed by atoms with Crippen molar-refractivity contribution >= 4 is 19.1 Å². The highest BCUT2D eigenvalue weighted by molar-refractivity contribution is 7.80. The molecule has 0 aliphatic rings. The second-order valence-electron chi connectivity index (χ2n) is 2.12. The molecule has 12 heavy (non-hydrogen) atoms. The molecule has 0 aliphatic heterocycles. The minimum atomic E-state index is -0.156. The molecule has 0 amide bonds. The summed E-state index contributed by atoms with van der Waals surface area (Å²) in [6.07, 6.45) is 4.71. The van der Waals surface area contributed by atoms with E-state index >= 15 is 0 Å². The van der Waals surface area contributed by atoms with E-state index in [0.717, 1.165) is 5.56 Å². The third-order valence-corrected chi connectivity index (χ3v) is 1.73. The summed E-state index contributed by atoms with van der Waals surface area (Å²) in [5.74, 6) is 0. The maximum absolute atomic E-state index is 9.85. The second-order valence-corrected chi connectivity index (χ2v) is 2.74. The van der Waals surface area contributed by atoms with Crippen LogP contribution in [0.15, 0.2) is 18.7 Å². The van der Waals surface area contributed by atoms with Gasteiger partial charge in [-0.05, 0) is 0 Å². The monoisotopic (exact) mass is 184 g/mol. The lowest BCUT2D eigenvalue weighted by Crippen LogP contribution is -2.01. The first kappa shape index (κ1) is 8.99. The van der Waals surface area contributed by atoms with Crippen LogP contribution in [0.3, 0.4) is 0 Å². The van der Waals surface area contributed by atoms with Crippen LogP contribution in [0.1, 0.15) is 10.8 Å². The minimum Gasteiger partial charge on any atom is -0.466 e. The van der Waals surface area contributed by atoms with Crippen molar-refractivity contribution in [2.24, 2.45) is 0 Å². The number of hydrogen-bond acceptors (Lipinski definition) is 5. The Balaban J connectivity index is 2.53. The third kappa shape index (κ3) is 2.50. The number of hydrogen-bond donors (Lipinski definition) is 1. The molecule has 0 N–H and O–H groups in total. The zero-order valence-corrected chi connectivity index (χ0v) is 7.15. The standard InChI is InChI=1S/C7H8N2O2S/c10-5-11-3-7(12)6-1-8-4-9-2-6/h1-2,4-5,7,12H,3H2. The van der Waals surface area contributed by atoms with Gasteiger partial charge in [-0.3, -0.25) is 4.79 Å². The van der Waals surface area contributed by atoms with Crippen molar-refractivity contribution in [1.29, 1.82) is 0 Å². The molecular weight excluding hydrogens is 176 g/mol. The summed E-state index contributed by atoms with van der Waals surface area (Å²) in [7, 11) is 0. The first-order valence-corrected chi connectivity index (χ1v) is 3.84. The Morgan fingerprint density at radius 1 is 1.58 bits per heavy atom. The van der Waals surface area contributed by atoms with Crippen LogP contribution >= 0.6 is 12.6 Å². The van der Waals surface area contributed by atoms with Crippen molar-refractivity contribution in [3.05, 3.63) is 24.3 Å². The van der Waals surface area contributed by atoms with Gasteiger partial charge in [-0.2, -0.15) is 12.6 Å². The van der Waals surface area contributed by atoms with E-state index in [9.17, 15) is 4.79 Å². The van der Waals surface area contributed by atoms with Crippen molar-refractivity contribution in [2.75, 3.05) is 6.61 Å². The van der Waals surface area contributed by atoms with Crippen LogP contribution < -0.4 is 0 Å². The van der Waals surface area contributed by atoms with Gasteiger partial charge in [0.15, 0.2) is 0 Å². The number of carbonyl (C=O) groups is 1. The normalized spacial score (nSPS) is 12.1. The topological polar surface area (TPSA) is 52.1 Å². The highest BCUT2D eigenvalue weighted by Gasteiger charge is 2.06. The van der Waals surface area contributed by atoms with Crippen molar-refractivity contribution in [2.45, 2.75) is 5.25 Å². The fourth-order valence-electron chi connectivity index (χ4n) is 0.709. The summed E-state index contributed by atoms with van der Waals surface area (Å²) in [6.45, 7) is 0.632. The molecule has 0 saturated heterocycles. The fourth-order valence-corrected chi connectivity index (χ4v) is 0.929. The molecule has 0 aliphatic carbocycles. The second kappa shape index (κ2) is 4.71. The van der Waals surface area contributed by atoms with Gasteiger partial charge < -0.3 is 4.74 Å². The van der Waals surface area contributed by atoms with Gasteiger partial charge in [0.25, 0.3) is 6.47 Å². The molecule has 1 rings (SSSR count). The van der Waals surface area contributed by atoms with Crippen LogP contribution in [0.5, 0.6) is 0 Å². The van der Waals surface area contributed by atoms with E-state index in [1.165, 1.54) is 6.33 Å². The predicted octanol–water partition coefficient (Wildman–Crippen LogP) is 0.620. The molecule has 1 heterocycles. The summed E-state index contributed by atoms with van der Waals surface area (Å²) >= 11 is 4.19. The quantitative estimate of drug-likeness (QED) is 0.550. The smallest absolute Gasteiger partial charge is 0.293 e. The van der Waals surface area contributed by atoms with Gasteiger partial charge in [0, 0.05) is 18.0 Å². The fraction of sp³-hybridized carbons (Fsp3) is 0.286. The summed E-state index contributed by atoms with van der Waals surface area (Å²) in [6, 6.07) is 0. The van der Waals surface area contributed by atoms with Crippen molar-refractivity contribution in [3.8, 4) is 0 Å². The highest BCUT2D eigenvalue weighted by Crippen LogP contribution is 2.17. The zero-order chi connectivity index (χ0) is 8.81. The van der Waals surface area contributed by atoms with Crippen LogP contribution in [0, 0.1) is 0 Å². The lowest BCUT2D eigenvalue weighted by molar-refractivity contribution is -0.128. The number of ether oxygens (including phenoxy) is 1. The Kier molecular flexibility index (Phi) is 3.53. The Morgan fingerprint density at radius 3 is 2.83 bits per heavy atom. The van der Waals surface area contributed by atoms with Gasteiger partial charge in [-0.25, -0.2) is 9.97 Å². The van der Waals surface area contributed by atoms with Gasteiger partial charge in [-0.1, -0.05) is 0 Å². The Hall–Kier alpha value is -1.10. The minimum absolute atomic E-state index is 0.156. The largest absolute Gasteiger partial charge is 0.466 e. The zero-order valence-electron chi connectivity index (χ0n) is 6.25. The molecule has 0 bridgehead atoms. The molecule has 0 saturated carbocycles. The first-order valence-electron chi connectivity index (χ1n) is 3.33. The average Bonchev–Trinajstić information content (AvgIpc) is 2.15. The van der Waals surface area contributed by atoms with Crippen molar-refractivity contribution in [1.82, 2.24) is 9.97 Å².